The van der Waals surface area contributed by atoms with Crippen LogP contribution in [0, 0.1) is 0 Å². The van der Waals surface area contributed by atoms with Crippen LogP contribution >= 0.6 is 0 Å². The standard InChI is InChI=1S/C15H14N2O4/c1-9(18)11-8-16-15(20)17(14(11)19)12-6-7-21-13-5-3-2-4-10(12)13/h2-5,8,12H,6-7H2,1H3,(H,16,20). The maximum atomic E-state index is 12.4. The largest absolute Gasteiger partial charge is 0.493 e. The van der Waals surface area contributed by atoms with Crippen molar-refractivity contribution in [3.8, 4) is 5.75 Å². The van der Waals surface area contributed by atoms with Gasteiger partial charge in [-0.2, -0.15) is 0 Å². The topological polar surface area (TPSA) is 81.2 Å². The fraction of sp³-hybridized carbons (Fsp3) is 0.267. The SMILES string of the molecule is CC(=O)c1c[nH]c(=O)n(C2CCOc3ccccc32)c1=O. The lowest BCUT2D eigenvalue weighted by Gasteiger charge is -2.26. The fourth-order valence-electron chi connectivity index (χ4n) is 2.61. The first kappa shape index (κ1) is 13.4. The molecule has 2 aromatic rings. The van der Waals surface area contributed by atoms with E-state index >= 15 is 0 Å². The number of benzene rings is 1. The second-order valence-electron chi connectivity index (χ2n) is 4.93. The molecule has 0 spiro atoms. The molecule has 0 amide bonds. The number of carbonyl (C=O) groups excluding carboxylic acids is 1. The van der Waals surface area contributed by atoms with Crippen molar-refractivity contribution >= 4 is 5.78 Å². The van der Waals surface area contributed by atoms with E-state index in [0.29, 0.717) is 18.8 Å². The van der Waals surface area contributed by atoms with Gasteiger partial charge in [0, 0.05) is 18.2 Å². The van der Waals surface area contributed by atoms with Crippen LogP contribution in [0.4, 0.5) is 0 Å². The van der Waals surface area contributed by atoms with Gasteiger partial charge < -0.3 is 9.72 Å². The zero-order valence-electron chi connectivity index (χ0n) is 11.5. The molecule has 1 aromatic carbocycles. The molecule has 21 heavy (non-hydrogen) atoms. The summed E-state index contributed by atoms with van der Waals surface area (Å²) in [7, 11) is 0. The van der Waals surface area contributed by atoms with Gasteiger partial charge >= 0.3 is 5.69 Å². The molecule has 1 atom stereocenters. The number of aromatic nitrogens is 2. The number of nitrogens with one attached hydrogen (secondary N) is 1. The highest BCUT2D eigenvalue weighted by molar-refractivity contribution is 5.93. The summed E-state index contributed by atoms with van der Waals surface area (Å²) in [6, 6.07) is 6.86. The number of Topliss-reactive ketones (excluding diaryl/α,β-unsaturated/α-hetero) is 1. The lowest BCUT2D eigenvalue weighted by Crippen LogP contribution is -2.42. The first-order chi connectivity index (χ1) is 10.1. The Morgan fingerprint density at radius 3 is 2.86 bits per heavy atom. The zero-order valence-corrected chi connectivity index (χ0v) is 11.5. The predicted octanol–water partition coefficient (Wildman–Crippen LogP) is 1.11. The van der Waals surface area contributed by atoms with Gasteiger partial charge in [-0.1, -0.05) is 18.2 Å². The Bertz CT molecular complexity index is 819. The van der Waals surface area contributed by atoms with E-state index in [1.165, 1.54) is 13.1 Å². The van der Waals surface area contributed by atoms with Crippen molar-refractivity contribution in [2.24, 2.45) is 0 Å². The summed E-state index contributed by atoms with van der Waals surface area (Å²) < 4.78 is 6.65. The lowest BCUT2D eigenvalue weighted by atomic mass is 10.00. The van der Waals surface area contributed by atoms with Crippen LogP contribution in [0.2, 0.25) is 0 Å². The van der Waals surface area contributed by atoms with Gasteiger partial charge in [0.2, 0.25) is 0 Å². The Labute approximate surface area is 120 Å². The second-order valence-corrected chi connectivity index (χ2v) is 4.93. The van der Waals surface area contributed by atoms with Gasteiger partial charge in [0.15, 0.2) is 5.78 Å². The summed E-state index contributed by atoms with van der Waals surface area (Å²) in [6.45, 7) is 1.72. The van der Waals surface area contributed by atoms with Gasteiger partial charge in [0.05, 0.1) is 18.2 Å². The molecular formula is C15H14N2O4. The molecule has 1 aliphatic heterocycles. The summed E-state index contributed by atoms with van der Waals surface area (Å²) in [4.78, 5) is 38.5. The number of hydrogen-bond acceptors (Lipinski definition) is 4. The summed E-state index contributed by atoms with van der Waals surface area (Å²) in [5.74, 6) is 0.290. The predicted molar refractivity (Wildman–Crippen MR) is 76.0 cm³/mol. The van der Waals surface area contributed by atoms with E-state index in [1.54, 1.807) is 6.07 Å². The normalized spacial score (nSPS) is 16.9. The van der Waals surface area contributed by atoms with Crippen LogP contribution in [0.1, 0.15) is 35.3 Å². The average Bonchev–Trinajstić information content (AvgIpc) is 2.47. The van der Waals surface area contributed by atoms with Crippen LogP contribution in [0.3, 0.4) is 0 Å². The number of aromatic amines is 1. The Hall–Kier alpha value is -2.63. The highest BCUT2D eigenvalue weighted by Gasteiger charge is 2.26. The van der Waals surface area contributed by atoms with Crippen molar-refractivity contribution in [3.05, 3.63) is 62.4 Å². The van der Waals surface area contributed by atoms with Crippen molar-refractivity contribution < 1.29 is 9.53 Å². The summed E-state index contributed by atoms with van der Waals surface area (Å²) in [5.41, 5.74) is -0.324. The van der Waals surface area contributed by atoms with Crippen LogP contribution in [-0.4, -0.2) is 21.9 Å². The third kappa shape index (κ3) is 2.18. The van der Waals surface area contributed by atoms with Gasteiger partial charge in [-0.15, -0.1) is 0 Å². The van der Waals surface area contributed by atoms with E-state index in [4.69, 9.17) is 4.74 Å². The van der Waals surface area contributed by atoms with Gasteiger partial charge in [-0.25, -0.2) is 4.79 Å². The molecular weight excluding hydrogens is 272 g/mol. The fourth-order valence-corrected chi connectivity index (χ4v) is 2.61. The van der Waals surface area contributed by atoms with Crippen LogP contribution in [-0.2, 0) is 0 Å². The molecule has 1 unspecified atom stereocenters. The van der Waals surface area contributed by atoms with E-state index in [0.717, 1.165) is 10.1 Å². The molecule has 6 heteroatoms. The molecule has 108 valence electrons. The Kier molecular flexibility index (Phi) is 3.21. The first-order valence-electron chi connectivity index (χ1n) is 6.66. The first-order valence-corrected chi connectivity index (χ1v) is 6.66. The number of hydrogen-bond donors (Lipinski definition) is 1. The maximum absolute atomic E-state index is 12.4. The van der Waals surface area contributed by atoms with Crippen molar-refractivity contribution in [2.45, 2.75) is 19.4 Å². The zero-order chi connectivity index (χ0) is 15.0. The number of carbonyl (C=O) groups is 1. The minimum Gasteiger partial charge on any atom is -0.493 e. The van der Waals surface area contributed by atoms with Gasteiger partial charge in [0.25, 0.3) is 5.56 Å². The van der Waals surface area contributed by atoms with Crippen molar-refractivity contribution in [2.75, 3.05) is 6.61 Å². The molecule has 0 bridgehead atoms. The van der Waals surface area contributed by atoms with Crippen molar-refractivity contribution in [1.82, 2.24) is 9.55 Å². The van der Waals surface area contributed by atoms with E-state index < -0.39 is 17.3 Å². The quantitative estimate of drug-likeness (QED) is 0.839. The molecule has 0 aliphatic carbocycles. The van der Waals surface area contributed by atoms with E-state index in [-0.39, 0.29) is 11.3 Å². The number of H-pyrrole nitrogens is 1. The van der Waals surface area contributed by atoms with Crippen molar-refractivity contribution in [1.29, 1.82) is 0 Å². The van der Waals surface area contributed by atoms with Crippen LogP contribution < -0.4 is 16.0 Å². The molecule has 6 nitrogen and oxygen atoms in total. The summed E-state index contributed by atoms with van der Waals surface area (Å²) in [6.07, 6.45) is 1.68. The third-order valence-electron chi connectivity index (χ3n) is 3.63. The number of rotatable bonds is 2. The van der Waals surface area contributed by atoms with Gasteiger partial charge in [-0.05, 0) is 13.0 Å². The molecule has 1 aliphatic rings. The molecule has 0 fully saturated rings. The number of para-hydroxylation sites is 1. The minimum atomic E-state index is -0.562. The smallest absolute Gasteiger partial charge is 0.328 e. The van der Waals surface area contributed by atoms with E-state index in [9.17, 15) is 14.4 Å². The third-order valence-corrected chi connectivity index (χ3v) is 3.63. The molecule has 0 saturated heterocycles. The monoisotopic (exact) mass is 286 g/mol. The van der Waals surface area contributed by atoms with Crippen LogP contribution in [0.5, 0.6) is 5.75 Å². The molecule has 2 heterocycles. The van der Waals surface area contributed by atoms with Gasteiger partial charge in [-0.3, -0.25) is 14.2 Å². The minimum absolute atomic E-state index is 0.0152. The lowest BCUT2D eigenvalue weighted by molar-refractivity contribution is 0.101. The van der Waals surface area contributed by atoms with E-state index in [1.807, 2.05) is 18.2 Å². The Morgan fingerprint density at radius 1 is 1.33 bits per heavy atom. The summed E-state index contributed by atoms with van der Waals surface area (Å²) >= 11 is 0. The van der Waals surface area contributed by atoms with Crippen LogP contribution in [0.25, 0.3) is 0 Å². The second kappa shape index (κ2) is 5.05. The highest BCUT2D eigenvalue weighted by Crippen LogP contribution is 2.32. The Morgan fingerprint density at radius 2 is 2.10 bits per heavy atom. The number of ketones is 1. The highest BCUT2D eigenvalue weighted by atomic mass is 16.5. The summed E-state index contributed by atoms with van der Waals surface area (Å²) in [5, 5.41) is 0. The van der Waals surface area contributed by atoms with Crippen LogP contribution in [0.15, 0.2) is 40.1 Å². The molecule has 1 N–H and O–H groups in total. The van der Waals surface area contributed by atoms with Crippen molar-refractivity contribution in [3.63, 3.8) is 0 Å². The van der Waals surface area contributed by atoms with E-state index in [2.05, 4.69) is 4.98 Å². The number of ether oxygens (including phenoxy) is 1. The molecule has 0 radical (unpaired) electrons. The maximum Gasteiger partial charge on any atom is 0.328 e. The Balaban J connectivity index is 2.23. The number of fused-ring (bicyclic) bond motifs is 1. The molecule has 3 rings (SSSR count). The van der Waals surface area contributed by atoms with Gasteiger partial charge in [0.1, 0.15) is 5.75 Å². The molecule has 0 saturated carbocycles. The average molecular weight is 286 g/mol. The number of nitrogens with zero attached hydrogens (tertiary/aromatic N) is 1. The molecule has 1 aromatic heterocycles.